The van der Waals surface area contributed by atoms with Gasteiger partial charge < -0.3 is 14.7 Å². The summed E-state index contributed by atoms with van der Waals surface area (Å²) in [5.74, 6) is -1.02. The SMILES string of the molecule is O=C(O)CN1CC(=O)Oc2c(-c3ccccc3)cccc21. The van der Waals surface area contributed by atoms with E-state index in [1.807, 2.05) is 42.5 Å². The second kappa shape index (κ2) is 5.28. The second-order valence-corrected chi connectivity index (χ2v) is 4.74. The van der Waals surface area contributed by atoms with Crippen LogP contribution in [0.15, 0.2) is 48.5 Å². The molecule has 5 heteroatoms. The Morgan fingerprint density at radius 2 is 1.90 bits per heavy atom. The van der Waals surface area contributed by atoms with Gasteiger partial charge in [-0.05, 0) is 11.6 Å². The first kappa shape index (κ1) is 13.2. The predicted molar refractivity (Wildman–Crippen MR) is 77.4 cm³/mol. The van der Waals surface area contributed by atoms with Gasteiger partial charge in [0.15, 0.2) is 5.75 Å². The van der Waals surface area contributed by atoms with Crippen molar-refractivity contribution in [2.24, 2.45) is 0 Å². The first-order chi connectivity index (χ1) is 10.1. The van der Waals surface area contributed by atoms with Crippen molar-refractivity contribution < 1.29 is 19.4 Å². The quantitative estimate of drug-likeness (QED) is 0.690. The molecule has 2 aromatic rings. The molecule has 0 amide bonds. The van der Waals surface area contributed by atoms with Gasteiger partial charge in [0.1, 0.15) is 13.1 Å². The van der Waals surface area contributed by atoms with Gasteiger partial charge in [-0.25, -0.2) is 4.79 Å². The Kier molecular flexibility index (Phi) is 3.31. The summed E-state index contributed by atoms with van der Waals surface area (Å²) < 4.78 is 5.36. The number of aliphatic carboxylic acids is 1. The number of carbonyl (C=O) groups excluding carboxylic acids is 1. The Hall–Kier alpha value is -2.82. The third-order valence-corrected chi connectivity index (χ3v) is 3.28. The number of rotatable bonds is 3. The van der Waals surface area contributed by atoms with Crippen molar-refractivity contribution in [3.8, 4) is 16.9 Å². The van der Waals surface area contributed by atoms with E-state index in [1.165, 1.54) is 4.90 Å². The summed E-state index contributed by atoms with van der Waals surface area (Å²) in [4.78, 5) is 24.2. The van der Waals surface area contributed by atoms with Crippen LogP contribution in [0.25, 0.3) is 11.1 Å². The van der Waals surface area contributed by atoms with Gasteiger partial charge in [-0.1, -0.05) is 42.5 Å². The Labute approximate surface area is 121 Å². The van der Waals surface area contributed by atoms with Crippen LogP contribution in [0.3, 0.4) is 0 Å². The summed E-state index contributed by atoms with van der Waals surface area (Å²) in [6.07, 6.45) is 0. The summed E-state index contributed by atoms with van der Waals surface area (Å²) in [5, 5.41) is 8.97. The zero-order valence-corrected chi connectivity index (χ0v) is 11.2. The summed E-state index contributed by atoms with van der Waals surface area (Å²) in [5.41, 5.74) is 2.31. The van der Waals surface area contributed by atoms with Crippen LogP contribution >= 0.6 is 0 Å². The lowest BCUT2D eigenvalue weighted by atomic mass is 10.0. The summed E-state index contributed by atoms with van der Waals surface area (Å²) in [6, 6.07) is 15.0. The maximum absolute atomic E-state index is 11.7. The molecule has 0 atom stereocenters. The van der Waals surface area contributed by atoms with E-state index < -0.39 is 11.9 Å². The van der Waals surface area contributed by atoms with E-state index in [4.69, 9.17) is 9.84 Å². The van der Waals surface area contributed by atoms with Crippen LogP contribution in [0, 0.1) is 0 Å². The first-order valence-corrected chi connectivity index (χ1v) is 6.51. The molecule has 0 spiro atoms. The van der Waals surface area contributed by atoms with E-state index in [0.29, 0.717) is 11.4 Å². The van der Waals surface area contributed by atoms with Crippen molar-refractivity contribution in [2.45, 2.75) is 0 Å². The Bertz CT molecular complexity index is 697. The number of benzene rings is 2. The fraction of sp³-hybridized carbons (Fsp3) is 0.125. The van der Waals surface area contributed by atoms with Crippen molar-refractivity contribution in [3.05, 3.63) is 48.5 Å². The summed E-state index contributed by atoms with van der Waals surface area (Å²) in [7, 11) is 0. The number of esters is 1. The molecule has 0 aliphatic carbocycles. The standard InChI is InChI=1S/C16H13NO4/c18-14(19)9-17-10-15(20)21-16-12(7-4-8-13(16)17)11-5-2-1-3-6-11/h1-8H,9-10H2,(H,18,19). The molecule has 0 aromatic heterocycles. The first-order valence-electron chi connectivity index (χ1n) is 6.51. The van der Waals surface area contributed by atoms with E-state index in [9.17, 15) is 9.59 Å². The maximum Gasteiger partial charge on any atom is 0.331 e. The lowest BCUT2D eigenvalue weighted by Gasteiger charge is -2.29. The van der Waals surface area contributed by atoms with Crippen molar-refractivity contribution in [3.63, 3.8) is 0 Å². The lowest BCUT2D eigenvalue weighted by molar-refractivity contribution is -0.136. The smallest absolute Gasteiger partial charge is 0.331 e. The molecule has 2 aromatic carbocycles. The van der Waals surface area contributed by atoms with Crippen LogP contribution in [0.5, 0.6) is 5.75 Å². The Morgan fingerprint density at radius 3 is 2.62 bits per heavy atom. The second-order valence-electron chi connectivity index (χ2n) is 4.74. The topological polar surface area (TPSA) is 66.8 Å². The van der Waals surface area contributed by atoms with Crippen molar-refractivity contribution >= 4 is 17.6 Å². The van der Waals surface area contributed by atoms with Crippen molar-refractivity contribution in [2.75, 3.05) is 18.0 Å². The van der Waals surface area contributed by atoms with Gasteiger partial charge in [-0.2, -0.15) is 0 Å². The number of para-hydroxylation sites is 1. The molecule has 0 unspecified atom stereocenters. The molecular weight excluding hydrogens is 270 g/mol. The molecule has 0 fully saturated rings. The van der Waals surface area contributed by atoms with Crippen LogP contribution in [0.1, 0.15) is 0 Å². The normalized spacial score (nSPS) is 13.5. The van der Waals surface area contributed by atoms with E-state index in [0.717, 1.165) is 11.1 Å². The summed E-state index contributed by atoms with van der Waals surface area (Å²) >= 11 is 0. The van der Waals surface area contributed by atoms with Gasteiger partial charge in [0.2, 0.25) is 0 Å². The van der Waals surface area contributed by atoms with Gasteiger partial charge in [-0.15, -0.1) is 0 Å². The third-order valence-electron chi connectivity index (χ3n) is 3.28. The van der Waals surface area contributed by atoms with Crippen LogP contribution < -0.4 is 9.64 Å². The predicted octanol–water partition coefficient (Wildman–Crippen LogP) is 2.16. The van der Waals surface area contributed by atoms with E-state index in [1.54, 1.807) is 6.07 Å². The minimum absolute atomic E-state index is 0.0580. The molecule has 0 saturated carbocycles. The number of fused-ring (bicyclic) bond motifs is 1. The number of hydrogen-bond donors (Lipinski definition) is 1. The monoisotopic (exact) mass is 283 g/mol. The van der Waals surface area contributed by atoms with Crippen LogP contribution in [0.4, 0.5) is 5.69 Å². The Balaban J connectivity index is 2.10. The van der Waals surface area contributed by atoms with E-state index >= 15 is 0 Å². The number of carbonyl (C=O) groups is 2. The fourth-order valence-corrected chi connectivity index (χ4v) is 2.42. The zero-order chi connectivity index (χ0) is 14.8. The van der Waals surface area contributed by atoms with E-state index in [2.05, 4.69) is 0 Å². The Morgan fingerprint density at radius 1 is 1.14 bits per heavy atom. The molecule has 0 saturated heterocycles. The van der Waals surface area contributed by atoms with Crippen molar-refractivity contribution in [1.82, 2.24) is 0 Å². The highest BCUT2D eigenvalue weighted by Gasteiger charge is 2.27. The molecule has 1 aliphatic heterocycles. The van der Waals surface area contributed by atoms with Crippen LogP contribution in [0.2, 0.25) is 0 Å². The molecule has 0 radical (unpaired) electrons. The van der Waals surface area contributed by atoms with Crippen molar-refractivity contribution in [1.29, 1.82) is 0 Å². The highest BCUT2D eigenvalue weighted by Crippen LogP contribution is 2.40. The minimum Gasteiger partial charge on any atom is -0.480 e. The molecule has 1 N–H and O–H groups in total. The van der Waals surface area contributed by atoms with Gasteiger partial charge in [0, 0.05) is 5.56 Å². The third kappa shape index (κ3) is 2.58. The van der Waals surface area contributed by atoms with Gasteiger partial charge >= 0.3 is 11.9 Å². The van der Waals surface area contributed by atoms with E-state index in [-0.39, 0.29) is 13.1 Å². The van der Waals surface area contributed by atoms with Gasteiger partial charge in [0.25, 0.3) is 0 Å². The molecule has 0 bridgehead atoms. The van der Waals surface area contributed by atoms with Gasteiger partial charge in [0.05, 0.1) is 5.69 Å². The number of hydrogen-bond acceptors (Lipinski definition) is 4. The molecule has 1 heterocycles. The molecule has 5 nitrogen and oxygen atoms in total. The molecular formula is C16H13NO4. The number of anilines is 1. The number of ether oxygens (including phenoxy) is 1. The number of carboxylic acid groups (broad SMARTS) is 1. The number of nitrogens with zero attached hydrogens (tertiary/aromatic N) is 1. The molecule has 1 aliphatic rings. The maximum atomic E-state index is 11.7. The van der Waals surface area contributed by atoms with Gasteiger partial charge in [-0.3, -0.25) is 4.79 Å². The average molecular weight is 283 g/mol. The molecule has 21 heavy (non-hydrogen) atoms. The highest BCUT2D eigenvalue weighted by molar-refractivity contribution is 5.92. The average Bonchev–Trinajstić information content (AvgIpc) is 2.47. The fourth-order valence-electron chi connectivity index (χ4n) is 2.42. The van der Waals surface area contributed by atoms with Crippen LogP contribution in [-0.2, 0) is 9.59 Å². The highest BCUT2D eigenvalue weighted by atomic mass is 16.5. The molecule has 3 rings (SSSR count). The van der Waals surface area contributed by atoms with Crippen LogP contribution in [-0.4, -0.2) is 30.1 Å². The lowest BCUT2D eigenvalue weighted by Crippen LogP contribution is -2.40. The zero-order valence-electron chi connectivity index (χ0n) is 11.2. The summed E-state index contributed by atoms with van der Waals surface area (Å²) in [6.45, 7) is -0.294. The number of carboxylic acids is 1. The molecule has 106 valence electrons. The largest absolute Gasteiger partial charge is 0.480 e. The minimum atomic E-state index is -0.985.